The average molecular weight is 280 g/mol. The predicted octanol–water partition coefficient (Wildman–Crippen LogP) is 3.11. The Morgan fingerprint density at radius 1 is 1.50 bits per heavy atom. The first-order valence-electron chi connectivity index (χ1n) is 5.85. The van der Waals surface area contributed by atoms with Crippen LogP contribution in [0.4, 0.5) is 13.2 Å². The molecular weight excluding hydrogens is 265 g/mol. The van der Waals surface area contributed by atoms with E-state index in [4.69, 9.17) is 10.5 Å². The molecule has 0 amide bonds. The molecule has 1 unspecified atom stereocenters. The van der Waals surface area contributed by atoms with Gasteiger partial charge in [0.05, 0.1) is 4.88 Å². The molecule has 2 rings (SSSR count). The molecule has 18 heavy (non-hydrogen) atoms. The van der Waals surface area contributed by atoms with Crippen LogP contribution in [0.3, 0.4) is 0 Å². The number of hydrogen-bond acceptors (Lipinski definition) is 4. The Hall–Kier alpha value is -0.660. The Morgan fingerprint density at radius 3 is 2.56 bits per heavy atom. The third-order valence-corrected chi connectivity index (χ3v) is 3.95. The van der Waals surface area contributed by atoms with Crippen molar-refractivity contribution < 1.29 is 17.9 Å². The molecule has 0 saturated heterocycles. The number of rotatable bonds is 5. The highest BCUT2D eigenvalue weighted by atomic mass is 32.1. The summed E-state index contributed by atoms with van der Waals surface area (Å²) < 4.78 is 43.8. The molecule has 0 aromatic carbocycles. The number of nitrogens with zero attached hydrogens (tertiary/aromatic N) is 1. The second-order valence-electron chi connectivity index (χ2n) is 4.24. The summed E-state index contributed by atoms with van der Waals surface area (Å²) in [5.41, 5.74) is 4.50. The topological polar surface area (TPSA) is 48.1 Å². The molecule has 1 atom stereocenters. The van der Waals surface area contributed by atoms with Crippen molar-refractivity contribution in [1.29, 1.82) is 0 Å². The second-order valence-corrected chi connectivity index (χ2v) is 5.35. The normalized spacial score (nSPS) is 18.1. The standard InChI is InChI=1S/C11H15F3N2OS/c1-2-17-8(6-3-4-6)10-16-9(11(12,13)14)7(5-15)18-10/h6,8H,2-5,15H2,1H3. The number of thiazole rings is 1. The first kappa shape index (κ1) is 13.8. The Bertz CT molecular complexity index is 415. The number of nitrogens with two attached hydrogens (primary N) is 1. The molecule has 1 aliphatic carbocycles. The van der Waals surface area contributed by atoms with Gasteiger partial charge in [-0.2, -0.15) is 13.2 Å². The van der Waals surface area contributed by atoms with Crippen LogP contribution in [0.5, 0.6) is 0 Å². The molecule has 3 nitrogen and oxygen atoms in total. The van der Waals surface area contributed by atoms with Gasteiger partial charge in [-0.1, -0.05) is 0 Å². The maximum Gasteiger partial charge on any atom is 0.434 e. The first-order valence-corrected chi connectivity index (χ1v) is 6.67. The minimum Gasteiger partial charge on any atom is -0.371 e. The zero-order chi connectivity index (χ0) is 13.3. The summed E-state index contributed by atoms with van der Waals surface area (Å²) in [5.74, 6) is 0.308. The first-order chi connectivity index (χ1) is 8.47. The SMILES string of the molecule is CCOC(c1nc(C(F)(F)F)c(CN)s1)C1CC1. The van der Waals surface area contributed by atoms with E-state index >= 15 is 0 Å². The molecular formula is C11H15F3N2OS. The number of aromatic nitrogens is 1. The van der Waals surface area contributed by atoms with Gasteiger partial charge in [-0.3, -0.25) is 0 Å². The van der Waals surface area contributed by atoms with Gasteiger partial charge in [0.2, 0.25) is 0 Å². The van der Waals surface area contributed by atoms with Crippen molar-refractivity contribution in [2.75, 3.05) is 6.61 Å². The van der Waals surface area contributed by atoms with Crippen molar-refractivity contribution in [1.82, 2.24) is 4.98 Å². The number of ether oxygens (including phenoxy) is 1. The molecule has 1 heterocycles. The fourth-order valence-electron chi connectivity index (χ4n) is 1.84. The van der Waals surface area contributed by atoms with Gasteiger partial charge in [0.15, 0.2) is 5.69 Å². The molecule has 1 fully saturated rings. The lowest BCUT2D eigenvalue weighted by Gasteiger charge is -2.12. The Kier molecular flexibility index (Phi) is 3.93. The highest BCUT2D eigenvalue weighted by Gasteiger charge is 2.40. The van der Waals surface area contributed by atoms with Gasteiger partial charge in [-0.05, 0) is 25.7 Å². The fourth-order valence-corrected chi connectivity index (χ4v) is 2.95. The molecule has 1 saturated carbocycles. The lowest BCUT2D eigenvalue weighted by atomic mass is 10.2. The van der Waals surface area contributed by atoms with E-state index in [2.05, 4.69) is 4.98 Å². The van der Waals surface area contributed by atoms with Crippen LogP contribution in [0.1, 0.15) is 41.4 Å². The van der Waals surface area contributed by atoms with Crippen molar-refractivity contribution in [3.63, 3.8) is 0 Å². The molecule has 1 aromatic heterocycles. The van der Waals surface area contributed by atoms with Crippen LogP contribution < -0.4 is 5.73 Å². The van der Waals surface area contributed by atoms with Crippen LogP contribution in [-0.2, 0) is 17.5 Å². The number of alkyl halides is 3. The van der Waals surface area contributed by atoms with Gasteiger partial charge in [0.1, 0.15) is 11.1 Å². The van der Waals surface area contributed by atoms with Crippen LogP contribution in [0, 0.1) is 5.92 Å². The summed E-state index contributed by atoms with van der Waals surface area (Å²) in [6.07, 6.45) is -2.77. The Morgan fingerprint density at radius 2 is 2.17 bits per heavy atom. The average Bonchev–Trinajstić information content (AvgIpc) is 3.02. The van der Waals surface area contributed by atoms with E-state index in [0.717, 1.165) is 24.2 Å². The van der Waals surface area contributed by atoms with E-state index in [1.165, 1.54) is 0 Å². The summed E-state index contributed by atoms with van der Waals surface area (Å²) in [5, 5.41) is 0.409. The van der Waals surface area contributed by atoms with Crippen LogP contribution in [-0.4, -0.2) is 11.6 Å². The van der Waals surface area contributed by atoms with Crippen LogP contribution in [0.25, 0.3) is 0 Å². The van der Waals surface area contributed by atoms with Crippen molar-refractivity contribution in [3.8, 4) is 0 Å². The van der Waals surface area contributed by atoms with Gasteiger partial charge in [-0.15, -0.1) is 11.3 Å². The summed E-state index contributed by atoms with van der Waals surface area (Å²) in [4.78, 5) is 3.81. The van der Waals surface area contributed by atoms with Crippen molar-refractivity contribution in [2.24, 2.45) is 11.7 Å². The predicted molar refractivity (Wildman–Crippen MR) is 62.1 cm³/mol. The van der Waals surface area contributed by atoms with Gasteiger partial charge >= 0.3 is 6.18 Å². The lowest BCUT2D eigenvalue weighted by Crippen LogP contribution is -2.11. The van der Waals surface area contributed by atoms with Gasteiger partial charge in [-0.25, -0.2) is 4.98 Å². The van der Waals surface area contributed by atoms with Gasteiger partial charge < -0.3 is 10.5 Å². The quantitative estimate of drug-likeness (QED) is 0.901. The van der Waals surface area contributed by atoms with E-state index in [9.17, 15) is 13.2 Å². The molecule has 0 aliphatic heterocycles. The van der Waals surface area contributed by atoms with Gasteiger partial charge in [0, 0.05) is 13.2 Å². The van der Waals surface area contributed by atoms with Crippen LogP contribution in [0.15, 0.2) is 0 Å². The minimum atomic E-state index is -4.44. The van der Waals surface area contributed by atoms with E-state index in [0.29, 0.717) is 17.5 Å². The number of hydrogen-bond donors (Lipinski definition) is 1. The minimum absolute atomic E-state index is 0.0860. The molecule has 102 valence electrons. The van der Waals surface area contributed by atoms with E-state index in [1.807, 2.05) is 6.92 Å². The number of halogens is 3. The zero-order valence-electron chi connectivity index (χ0n) is 9.96. The van der Waals surface area contributed by atoms with Crippen molar-refractivity contribution >= 4 is 11.3 Å². The maximum absolute atomic E-state index is 12.8. The Balaban J connectivity index is 2.30. The van der Waals surface area contributed by atoms with Crippen LogP contribution in [0.2, 0.25) is 0 Å². The highest BCUT2D eigenvalue weighted by molar-refractivity contribution is 7.11. The maximum atomic E-state index is 12.8. The third kappa shape index (κ3) is 2.84. The second kappa shape index (κ2) is 5.14. The van der Waals surface area contributed by atoms with E-state index < -0.39 is 11.9 Å². The molecule has 1 aliphatic rings. The van der Waals surface area contributed by atoms with E-state index in [-0.39, 0.29) is 17.5 Å². The molecule has 0 bridgehead atoms. The highest BCUT2D eigenvalue weighted by Crippen LogP contribution is 2.46. The summed E-state index contributed by atoms with van der Waals surface area (Å²) in [6.45, 7) is 2.16. The summed E-state index contributed by atoms with van der Waals surface area (Å²) in [6, 6.07) is 0. The molecule has 0 radical (unpaired) electrons. The lowest BCUT2D eigenvalue weighted by molar-refractivity contribution is -0.141. The Labute approximate surface area is 107 Å². The van der Waals surface area contributed by atoms with Gasteiger partial charge in [0.25, 0.3) is 0 Å². The smallest absolute Gasteiger partial charge is 0.371 e. The molecule has 7 heteroatoms. The summed E-state index contributed by atoms with van der Waals surface area (Å²) in [7, 11) is 0. The van der Waals surface area contributed by atoms with E-state index in [1.54, 1.807) is 0 Å². The monoisotopic (exact) mass is 280 g/mol. The molecule has 0 spiro atoms. The largest absolute Gasteiger partial charge is 0.434 e. The van der Waals surface area contributed by atoms with Crippen molar-refractivity contribution in [3.05, 3.63) is 15.6 Å². The van der Waals surface area contributed by atoms with Crippen LogP contribution >= 0.6 is 11.3 Å². The zero-order valence-corrected chi connectivity index (χ0v) is 10.8. The van der Waals surface area contributed by atoms with Crippen molar-refractivity contribution in [2.45, 2.75) is 38.6 Å². The molecule has 2 N–H and O–H groups in total. The third-order valence-electron chi connectivity index (χ3n) is 2.81. The fraction of sp³-hybridized carbons (Fsp3) is 0.727. The summed E-state index contributed by atoms with van der Waals surface area (Å²) >= 11 is 1.02. The molecule has 1 aromatic rings.